The Morgan fingerprint density at radius 3 is 2.59 bits per heavy atom. The van der Waals surface area contributed by atoms with Crippen LogP contribution < -0.4 is 16.6 Å². The number of H-pyrrole nitrogens is 1. The summed E-state index contributed by atoms with van der Waals surface area (Å²) in [7, 11) is -2.26. The van der Waals surface area contributed by atoms with Crippen molar-refractivity contribution in [2.45, 2.75) is 36.6 Å². The van der Waals surface area contributed by atoms with Gasteiger partial charge in [0.2, 0.25) is 10.0 Å². The van der Waals surface area contributed by atoms with E-state index in [1.807, 2.05) is 0 Å². The molecule has 27 heavy (non-hydrogen) atoms. The van der Waals surface area contributed by atoms with E-state index in [-0.39, 0.29) is 15.9 Å². The third-order valence-corrected chi connectivity index (χ3v) is 7.28. The molecule has 2 aromatic heterocycles. The molecule has 146 valence electrons. The molecule has 4 rings (SSSR count). The smallest absolute Gasteiger partial charge is 0.314 e. The van der Waals surface area contributed by atoms with E-state index in [4.69, 9.17) is 0 Å². The number of rotatable bonds is 5. The van der Waals surface area contributed by atoms with E-state index >= 15 is 0 Å². The molecule has 0 amide bonds. The number of aryl methyl sites for hydroxylation is 1. The van der Waals surface area contributed by atoms with Gasteiger partial charge in [-0.15, -0.1) is 0 Å². The Balaban J connectivity index is 1.55. The number of piperidine rings is 1. The maximum atomic E-state index is 13.0. The zero-order valence-electron chi connectivity index (χ0n) is 15.1. The Bertz CT molecular complexity index is 1080. The van der Waals surface area contributed by atoms with Crippen molar-refractivity contribution in [2.75, 3.05) is 19.6 Å². The van der Waals surface area contributed by atoms with Gasteiger partial charge in [-0.2, -0.15) is 4.31 Å². The molecular weight excluding hydrogens is 370 g/mol. The predicted molar refractivity (Wildman–Crippen MR) is 100 cm³/mol. The molecule has 1 saturated carbocycles. The standard InChI is InChI=1S/C17H23N5O4S/c1-21-15-14(16(23)20-17(21)24)8-13(10-19-15)27(25,26)22-6-4-12(5-7-22)18-9-11-2-3-11/h8,10-12,18H,2-7,9H2,1H3,(H,20,23,24). The van der Waals surface area contributed by atoms with Crippen molar-refractivity contribution in [3.8, 4) is 0 Å². The predicted octanol–water partition coefficient (Wildman–Crippen LogP) is -0.225. The zero-order chi connectivity index (χ0) is 19.2. The summed E-state index contributed by atoms with van der Waals surface area (Å²) in [6.45, 7) is 1.90. The first-order valence-electron chi connectivity index (χ1n) is 9.19. The van der Waals surface area contributed by atoms with E-state index in [9.17, 15) is 18.0 Å². The van der Waals surface area contributed by atoms with Crippen LogP contribution in [-0.2, 0) is 17.1 Å². The molecule has 10 heteroatoms. The maximum absolute atomic E-state index is 13.0. The Morgan fingerprint density at radius 1 is 1.22 bits per heavy atom. The van der Waals surface area contributed by atoms with Gasteiger partial charge in [-0.3, -0.25) is 14.3 Å². The molecule has 2 aliphatic rings. The van der Waals surface area contributed by atoms with Crippen molar-refractivity contribution in [1.82, 2.24) is 24.2 Å². The van der Waals surface area contributed by atoms with Crippen molar-refractivity contribution in [1.29, 1.82) is 0 Å². The molecule has 0 bridgehead atoms. The molecule has 1 aliphatic heterocycles. The summed E-state index contributed by atoms with van der Waals surface area (Å²) in [5, 5.41) is 3.61. The van der Waals surface area contributed by atoms with Gasteiger partial charge < -0.3 is 5.32 Å². The minimum absolute atomic E-state index is 0.0245. The fourth-order valence-electron chi connectivity index (χ4n) is 3.46. The molecule has 0 atom stereocenters. The fraction of sp³-hybridized carbons (Fsp3) is 0.588. The van der Waals surface area contributed by atoms with E-state index in [0.29, 0.717) is 19.1 Å². The monoisotopic (exact) mass is 393 g/mol. The van der Waals surface area contributed by atoms with Crippen LogP contribution in [0, 0.1) is 5.92 Å². The van der Waals surface area contributed by atoms with Gasteiger partial charge in [-0.25, -0.2) is 18.2 Å². The molecular formula is C17H23N5O4S. The molecule has 3 heterocycles. The van der Waals surface area contributed by atoms with Crippen LogP contribution in [0.15, 0.2) is 26.7 Å². The largest absolute Gasteiger partial charge is 0.329 e. The lowest BCUT2D eigenvalue weighted by molar-refractivity contribution is 0.288. The molecule has 1 saturated heterocycles. The second-order valence-corrected chi connectivity index (χ2v) is 9.33. The van der Waals surface area contributed by atoms with Crippen LogP contribution in [0.1, 0.15) is 25.7 Å². The zero-order valence-corrected chi connectivity index (χ0v) is 16.0. The number of aromatic nitrogens is 3. The highest BCUT2D eigenvalue weighted by molar-refractivity contribution is 7.89. The minimum atomic E-state index is -3.73. The third kappa shape index (κ3) is 3.56. The summed E-state index contributed by atoms with van der Waals surface area (Å²) in [4.78, 5) is 29.9. The van der Waals surface area contributed by atoms with Crippen molar-refractivity contribution >= 4 is 21.1 Å². The first-order valence-corrected chi connectivity index (χ1v) is 10.6. The van der Waals surface area contributed by atoms with Crippen LogP contribution in [0.3, 0.4) is 0 Å². The van der Waals surface area contributed by atoms with Crippen LogP contribution in [0.2, 0.25) is 0 Å². The van der Waals surface area contributed by atoms with Gasteiger partial charge in [-0.1, -0.05) is 0 Å². The lowest BCUT2D eigenvalue weighted by Gasteiger charge is -2.31. The number of sulfonamides is 1. The summed E-state index contributed by atoms with van der Waals surface area (Å²) < 4.78 is 28.6. The van der Waals surface area contributed by atoms with Crippen molar-refractivity contribution < 1.29 is 8.42 Å². The van der Waals surface area contributed by atoms with E-state index in [0.717, 1.165) is 25.3 Å². The lowest BCUT2D eigenvalue weighted by atomic mass is 10.1. The molecule has 0 spiro atoms. The lowest BCUT2D eigenvalue weighted by Crippen LogP contribution is -2.45. The van der Waals surface area contributed by atoms with Gasteiger partial charge >= 0.3 is 5.69 Å². The minimum Gasteiger partial charge on any atom is -0.314 e. The van der Waals surface area contributed by atoms with Gasteiger partial charge in [0.1, 0.15) is 10.5 Å². The third-order valence-electron chi connectivity index (χ3n) is 5.41. The van der Waals surface area contributed by atoms with Crippen LogP contribution in [0.5, 0.6) is 0 Å². The number of aromatic amines is 1. The summed E-state index contributed by atoms with van der Waals surface area (Å²) in [5.41, 5.74) is -1.07. The van der Waals surface area contributed by atoms with E-state index in [1.54, 1.807) is 0 Å². The highest BCUT2D eigenvalue weighted by Gasteiger charge is 2.31. The summed E-state index contributed by atoms with van der Waals surface area (Å²) in [6.07, 6.45) is 5.33. The molecule has 0 radical (unpaired) electrons. The number of hydrogen-bond donors (Lipinski definition) is 2. The van der Waals surface area contributed by atoms with Crippen molar-refractivity contribution in [3.05, 3.63) is 33.1 Å². The highest BCUT2D eigenvalue weighted by atomic mass is 32.2. The number of nitrogens with zero attached hydrogens (tertiary/aromatic N) is 3. The topological polar surface area (TPSA) is 117 Å². The number of hydrogen-bond acceptors (Lipinski definition) is 6. The molecule has 0 unspecified atom stereocenters. The Kier molecular flexibility index (Phi) is 4.65. The average Bonchev–Trinajstić information content (AvgIpc) is 3.49. The van der Waals surface area contributed by atoms with Gasteiger partial charge in [0, 0.05) is 32.4 Å². The summed E-state index contributed by atoms with van der Waals surface area (Å²) in [6, 6.07) is 1.65. The van der Waals surface area contributed by atoms with Gasteiger partial charge in [0.05, 0.1) is 5.39 Å². The number of fused-ring (bicyclic) bond motifs is 1. The second-order valence-electron chi connectivity index (χ2n) is 7.39. The van der Waals surface area contributed by atoms with Crippen LogP contribution >= 0.6 is 0 Å². The van der Waals surface area contributed by atoms with Gasteiger partial charge in [0.15, 0.2) is 0 Å². The Morgan fingerprint density at radius 2 is 1.93 bits per heavy atom. The molecule has 2 fully saturated rings. The van der Waals surface area contributed by atoms with Crippen LogP contribution in [-0.4, -0.2) is 52.9 Å². The van der Waals surface area contributed by atoms with E-state index in [2.05, 4.69) is 15.3 Å². The SMILES string of the molecule is Cn1c(=O)[nH]c(=O)c2cc(S(=O)(=O)N3CCC(NCC4CC4)CC3)cnc21. The van der Waals surface area contributed by atoms with Crippen LogP contribution in [0.25, 0.3) is 11.0 Å². The normalized spacial score (nSPS) is 19.6. The van der Waals surface area contributed by atoms with Gasteiger partial charge in [-0.05, 0) is 44.2 Å². The molecule has 2 aromatic rings. The Hall–Kier alpha value is -2.04. The quantitative estimate of drug-likeness (QED) is 0.725. The molecule has 0 aromatic carbocycles. The average molecular weight is 393 g/mol. The number of pyridine rings is 1. The van der Waals surface area contributed by atoms with Crippen molar-refractivity contribution in [2.24, 2.45) is 13.0 Å². The molecule has 9 nitrogen and oxygen atoms in total. The highest BCUT2D eigenvalue weighted by Crippen LogP contribution is 2.28. The van der Waals surface area contributed by atoms with Crippen LogP contribution in [0.4, 0.5) is 0 Å². The Labute approximate surface area is 156 Å². The molecule has 1 aliphatic carbocycles. The maximum Gasteiger partial charge on any atom is 0.329 e. The van der Waals surface area contributed by atoms with E-state index in [1.165, 1.54) is 41.0 Å². The first kappa shape index (κ1) is 18.3. The first-order chi connectivity index (χ1) is 12.9. The van der Waals surface area contributed by atoms with Crippen molar-refractivity contribution in [3.63, 3.8) is 0 Å². The fourth-order valence-corrected chi connectivity index (χ4v) is 4.91. The summed E-state index contributed by atoms with van der Waals surface area (Å²) in [5.74, 6) is 0.796. The number of nitrogens with one attached hydrogen (secondary N) is 2. The van der Waals surface area contributed by atoms with Gasteiger partial charge in [0.25, 0.3) is 5.56 Å². The van der Waals surface area contributed by atoms with E-state index < -0.39 is 21.3 Å². The second kappa shape index (κ2) is 6.84. The summed E-state index contributed by atoms with van der Waals surface area (Å²) >= 11 is 0. The molecule has 2 N–H and O–H groups in total.